The number of carbonyl (C=O) groups is 1. The van der Waals surface area contributed by atoms with E-state index in [2.05, 4.69) is 10.2 Å². The van der Waals surface area contributed by atoms with E-state index in [1.807, 2.05) is 18.7 Å². The highest BCUT2D eigenvalue weighted by Crippen LogP contribution is 2.42. The van der Waals surface area contributed by atoms with Crippen LogP contribution in [-0.2, 0) is 4.79 Å². The number of benzene rings is 1. The Bertz CT molecular complexity index is 686. The van der Waals surface area contributed by atoms with Crippen LogP contribution in [0.25, 0.3) is 4.85 Å². The molecule has 1 aromatic carbocycles. The van der Waals surface area contributed by atoms with Crippen LogP contribution in [0.15, 0.2) is 12.1 Å². The standard InChI is InChI=1S/C15H15F2N3O2/c1-8(2)20-7-15(6-12(20)18-3)14(21)19-11-5-9(16)4-10(17)13(11)22-15/h4-5,8,12H,6-7H2,1-2H3,(H,19,21)/t12-,15+/m0/s1. The van der Waals surface area contributed by atoms with Crippen LogP contribution in [0.5, 0.6) is 5.75 Å². The molecule has 1 fully saturated rings. The number of likely N-dealkylation sites (tertiary alicyclic amines) is 1. The maximum Gasteiger partial charge on any atom is 0.284 e. The summed E-state index contributed by atoms with van der Waals surface area (Å²) in [5, 5.41) is 2.50. The zero-order chi connectivity index (χ0) is 16.1. The minimum Gasteiger partial charge on any atom is -0.470 e. The number of nitrogens with zero attached hydrogens (tertiary/aromatic N) is 2. The van der Waals surface area contributed by atoms with Crippen molar-refractivity contribution in [3.8, 4) is 5.75 Å². The summed E-state index contributed by atoms with van der Waals surface area (Å²) in [6, 6.07) is 1.78. The number of carbonyl (C=O) groups excluding carboxylic acids is 1. The normalized spacial score (nSPS) is 27.5. The van der Waals surface area contributed by atoms with Crippen LogP contribution >= 0.6 is 0 Å². The second kappa shape index (κ2) is 4.92. The molecule has 1 saturated heterocycles. The van der Waals surface area contributed by atoms with Gasteiger partial charge in [0.25, 0.3) is 12.1 Å². The SMILES string of the molecule is [C-]#[N+][C@@H]1C[C@]2(CN1C(C)C)Oc1c(F)cc(F)cc1NC2=O. The van der Waals surface area contributed by atoms with E-state index in [1.165, 1.54) is 0 Å². The predicted octanol–water partition coefficient (Wildman–Crippen LogP) is 2.39. The molecule has 5 nitrogen and oxygen atoms in total. The van der Waals surface area contributed by atoms with E-state index in [0.717, 1.165) is 6.07 Å². The molecule has 0 unspecified atom stereocenters. The maximum atomic E-state index is 13.9. The fourth-order valence-electron chi connectivity index (χ4n) is 3.00. The average Bonchev–Trinajstić information content (AvgIpc) is 2.82. The molecule has 22 heavy (non-hydrogen) atoms. The Hall–Kier alpha value is -2.20. The molecule has 1 N–H and O–H groups in total. The van der Waals surface area contributed by atoms with Gasteiger partial charge >= 0.3 is 0 Å². The highest BCUT2D eigenvalue weighted by Gasteiger charge is 2.57. The molecule has 0 bridgehead atoms. The molecule has 0 aromatic heterocycles. The molecule has 2 aliphatic heterocycles. The smallest absolute Gasteiger partial charge is 0.284 e. The van der Waals surface area contributed by atoms with Crippen LogP contribution in [0.2, 0.25) is 0 Å². The third-order valence-electron chi connectivity index (χ3n) is 4.11. The lowest BCUT2D eigenvalue weighted by atomic mass is 9.98. The number of rotatable bonds is 1. The lowest BCUT2D eigenvalue weighted by molar-refractivity contribution is -0.131. The van der Waals surface area contributed by atoms with E-state index in [0.29, 0.717) is 6.07 Å². The topological polar surface area (TPSA) is 45.9 Å². The van der Waals surface area contributed by atoms with Crippen LogP contribution < -0.4 is 10.1 Å². The van der Waals surface area contributed by atoms with Crippen molar-refractivity contribution in [3.05, 3.63) is 35.2 Å². The molecule has 2 atom stereocenters. The quantitative estimate of drug-likeness (QED) is 0.810. The number of hydrogen-bond donors (Lipinski definition) is 1. The molecule has 1 spiro atoms. The first kappa shape index (κ1) is 14.7. The van der Waals surface area contributed by atoms with Crippen molar-refractivity contribution in [2.24, 2.45) is 0 Å². The van der Waals surface area contributed by atoms with Gasteiger partial charge in [0.2, 0.25) is 5.60 Å². The molecule has 2 aliphatic rings. The zero-order valence-corrected chi connectivity index (χ0v) is 12.2. The second-order valence-electron chi connectivity index (χ2n) is 5.89. The number of ether oxygens (including phenoxy) is 1. The summed E-state index contributed by atoms with van der Waals surface area (Å²) in [5.41, 5.74) is -1.33. The van der Waals surface area contributed by atoms with Crippen LogP contribution in [0.3, 0.4) is 0 Å². The minimum atomic E-state index is -1.31. The van der Waals surface area contributed by atoms with Gasteiger partial charge in [-0.2, -0.15) is 0 Å². The Kier molecular flexibility index (Phi) is 3.29. The van der Waals surface area contributed by atoms with Crippen molar-refractivity contribution in [1.82, 2.24) is 4.90 Å². The van der Waals surface area contributed by atoms with E-state index in [-0.39, 0.29) is 30.4 Å². The number of halogens is 2. The first-order chi connectivity index (χ1) is 10.4. The Balaban J connectivity index is 2.00. The van der Waals surface area contributed by atoms with Crippen molar-refractivity contribution in [2.45, 2.75) is 38.1 Å². The summed E-state index contributed by atoms with van der Waals surface area (Å²) in [6.07, 6.45) is -0.354. The molecule has 1 amide bonds. The summed E-state index contributed by atoms with van der Waals surface area (Å²) >= 11 is 0. The number of amides is 1. The van der Waals surface area contributed by atoms with Gasteiger partial charge < -0.3 is 10.1 Å². The molecule has 3 rings (SSSR count). The van der Waals surface area contributed by atoms with Crippen molar-refractivity contribution in [3.63, 3.8) is 0 Å². The van der Waals surface area contributed by atoms with E-state index in [1.54, 1.807) is 0 Å². The highest BCUT2D eigenvalue weighted by atomic mass is 19.1. The van der Waals surface area contributed by atoms with Crippen LogP contribution in [0.4, 0.5) is 14.5 Å². The van der Waals surface area contributed by atoms with Crippen molar-refractivity contribution < 1.29 is 18.3 Å². The van der Waals surface area contributed by atoms with Gasteiger partial charge in [0.1, 0.15) is 5.82 Å². The van der Waals surface area contributed by atoms with Gasteiger partial charge in [0, 0.05) is 18.2 Å². The Morgan fingerprint density at radius 1 is 1.50 bits per heavy atom. The van der Waals surface area contributed by atoms with E-state index in [9.17, 15) is 13.6 Å². The average molecular weight is 307 g/mol. The molecule has 0 saturated carbocycles. The lowest BCUT2D eigenvalue weighted by Crippen LogP contribution is -2.53. The summed E-state index contributed by atoms with van der Waals surface area (Å²) in [7, 11) is 0. The van der Waals surface area contributed by atoms with E-state index < -0.39 is 29.3 Å². The Labute approximate surface area is 126 Å². The fraction of sp³-hybridized carbons (Fsp3) is 0.467. The minimum absolute atomic E-state index is 0.0181. The molecule has 0 radical (unpaired) electrons. The fourth-order valence-corrected chi connectivity index (χ4v) is 3.00. The predicted molar refractivity (Wildman–Crippen MR) is 75.2 cm³/mol. The van der Waals surface area contributed by atoms with Gasteiger partial charge in [0.05, 0.1) is 18.7 Å². The van der Waals surface area contributed by atoms with Gasteiger partial charge in [0.15, 0.2) is 11.6 Å². The number of anilines is 1. The van der Waals surface area contributed by atoms with E-state index >= 15 is 0 Å². The third kappa shape index (κ3) is 2.11. The molecule has 1 aromatic rings. The Morgan fingerprint density at radius 2 is 2.23 bits per heavy atom. The molecular weight excluding hydrogens is 292 g/mol. The number of nitrogens with one attached hydrogen (secondary N) is 1. The van der Waals surface area contributed by atoms with Crippen LogP contribution in [0, 0.1) is 18.2 Å². The van der Waals surface area contributed by atoms with Gasteiger partial charge in [-0.25, -0.2) is 20.3 Å². The molecule has 116 valence electrons. The van der Waals surface area contributed by atoms with Gasteiger partial charge in [-0.15, -0.1) is 0 Å². The molecular formula is C15H15F2N3O2. The monoisotopic (exact) mass is 307 g/mol. The Morgan fingerprint density at radius 3 is 2.82 bits per heavy atom. The van der Waals surface area contributed by atoms with Gasteiger partial charge in [-0.1, -0.05) is 0 Å². The third-order valence-corrected chi connectivity index (χ3v) is 4.11. The van der Waals surface area contributed by atoms with Crippen LogP contribution in [-0.4, -0.2) is 35.2 Å². The zero-order valence-electron chi connectivity index (χ0n) is 12.2. The first-order valence-corrected chi connectivity index (χ1v) is 6.98. The summed E-state index contributed by atoms with van der Waals surface area (Å²) in [5.74, 6) is -2.29. The summed E-state index contributed by atoms with van der Waals surface area (Å²) < 4.78 is 32.8. The van der Waals surface area contributed by atoms with Gasteiger partial charge in [-0.3, -0.25) is 9.64 Å². The second-order valence-corrected chi connectivity index (χ2v) is 5.89. The lowest BCUT2D eigenvalue weighted by Gasteiger charge is -2.34. The number of hydrogen-bond acceptors (Lipinski definition) is 3. The van der Waals surface area contributed by atoms with Crippen LogP contribution in [0.1, 0.15) is 20.3 Å². The number of fused-ring (bicyclic) bond motifs is 1. The molecule has 7 heteroatoms. The molecule has 2 heterocycles. The van der Waals surface area contributed by atoms with E-state index in [4.69, 9.17) is 11.3 Å². The van der Waals surface area contributed by atoms with Crippen molar-refractivity contribution >= 4 is 11.6 Å². The van der Waals surface area contributed by atoms with Gasteiger partial charge in [-0.05, 0) is 13.8 Å². The largest absolute Gasteiger partial charge is 0.470 e. The maximum absolute atomic E-state index is 13.9. The first-order valence-electron chi connectivity index (χ1n) is 6.98. The summed E-state index contributed by atoms with van der Waals surface area (Å²) in [4.78, 5) is 17.8. The summed E-state index contributed by atoms with van der Waals surface area (Å²) in [6.45, 7) is 11.3. The van der Waals surface area contributed by atoms with Crippen molar-refractivity contribution in [1.29, 1.82) is 0 Å². The molecule has 0 aliphatic carbocycles. The van der Waals surface area contributed by atoms with Crippen molar-refractivity contribution in [2.75, 3.05) is 11.9 Å². The highest BCUT2D eigenvalue weighted by molar-refractivity contribution is 6.01.